The van der Waals surface area contributed by atoms with Crippen LogP contribution in [0.1, 0.15) is 16.7 Å². The molecule has 2 aromatic carbocycles. The first-order valence-corrected chi connectivity index (χ1v) is 10.3. The van der Waals surface area contributed by atoms with Crippen molar-refractivity contribution in [3.05, 3.63) is 65.2 Å². The molecule has 0 bridgehead atoms. The van der Waals surface area contributed by atoms with Crippen LogP contribution in [0, 0.1) is 6.92 Å². The molecule has 1 heterocycles. The van der Waals surface area contributed by atoms with Crippen LogP contribution >= 0.6 is 35.7 Å². The first-order chi connectivity index (χ1) is 12.8. The Kier molecular flexibility index (Phi) is 9.27. The Bertz CT molecular complexity index is 727. The van der Waals surface area contributed by atoms with E-state index in [2.05, 4.69) is 76.0 Å². The minimum atomic E-state index is 0. The molecule has 6 heteroatoms. The Hall–Kier alpha value is -1.41. The SMILES string of the molecule is CN=C(NCc1ccc(N2CCSCC2)cc1)NCc1ccccc1C.I. The summed E-state index contributed by atoms with van der Waals surface area (Å²) in [6, 6.07) is 17.3. The lowest BCUT2D eigenvalue weighted by Crippen LogP contribution is -2.36. The van der Waals surface area contributed by atoms with E-state index in [0.717, 1.165) is 32.1 Å². The van der Waals surface area contributed by atoms with E-state index in [-0.39, 0.29) is 24.0 Å². The molecule has 4 nitrogen and oxygen atoms in total. The molecule has 0 aliphatic carbocycles. The lowest BCUT2D eigenvalue weighted by Gasteiger charge is -2.28. The molecule has 1 fully saturated rings. The summed E-state index contributed by atoms with van der Waals surface area (Å²) in [5.74, 6) is 3.28. The van der Waals surface area contributed by atoms with E-state index in [1.807, 2.05) is 18.8 Å². The fraction of sp³-hybridized carbons (Fsp3) is 0.381. The molecule has 0 spiro atoms. The standard InChI is InChI=1S/C21H28N4S.HI/c1-17-5-3-4-6-19(17)16-24-21(22-2)23-15-18-7-9-20(10-8-18)25-11-13-26-14-12-25;/h3-10H,11-16H2,1-2H3,(H2,22,23,24);1H. The Balaban J connectivity index is 0.00000261. The Morgan fingerprint density at radius 2 is 1.67 bits per heavy atom. The molecular weight excluding hydrogens is 467 g/mol. The van der Waals surface area contributed by atoms with Crippen molar-refractivity contribution in [2.75, 3.05) is 36.5 Å². The van der Waals surface area contributed by atoms with Crippen LogP contribution in [-0.4, -0.2) is 37.6 Å². The third-order valence-corrected chi connectivity index (χ3v) is 5.65. The smallest absolute Gasteiger partial charge is 0.191 e. The molecule has 2 N–H and O–H groups in total. The Morgan fingerprint density at radius 1 is 1.00 bits per heavy atom. The maximum absolute atomic E-state index is 4.32. The molecule has 0 atom stereocenters. The van der Waals surface area contributed by atoms with Crippen molar-refractivity contribution < 1.29 is 0 Å². The number of anilines is 1. The van der Waals surface area contributed by atoms with Crippen molar-refractivity contribution in [2.24, 2.45) is 4.99 Å². The van der Waals surface area contributed by atoms with Crippen LogP contribution in [0.15, 0.2) is 53.5 Å². The second-order valence-electron chi connectivity index (χ2n) is 6.47. The lowest BCUT2D eigenvalue weighted by atomic mass is 10.1. The van der Waals surface area contributed by atoms with E-state index in [0.29, 0.717) is 0 Å². The molecule has 1 saturated heterocycles. The van der Waals surface area contributed by atoms with Gasteiger partial charge >= 0.3 is 0 Å². The maximum Gasteiger partial charge on any atom is 0.191 e. The monoisotopic (exact) mass is 496 g/mol. The molecule has 27 heavy (non-hydrogen) atoms. The van der Waals surface area contributed by atoms with Crippen LogP contribution in [0.25, 0.3) is 0 Å². The van der Waals surface area contributed by atoms with Gasteiger partial charge in [0, 0.05) is 50.4 Å². The molecule has 1 aliphatic heterocycles. The van der Waals surface area contributed by atoms with Crippen molar-refractivity contribution in [2.45, 2.75) is 20.0 Å². The van der Waals surface area contributed by atoms with Gasteiger partial charge in [0.05, 0.1) is 0 Å². The van der Waals surface area contributed by atoms with E-state index in [1.54, 1.807) is 0 Å². The summed E-state index contributed by atoms with van der Waals surface area (Å²) in [5.41, 5.74) is 5.18. The number of aryl methyl sites for hydroxylation is 1. The highest BCUT2D eigenvalue weighted by molar-refractivity contribution is 14.0. The van der Waals surface area contributed by atoms with Crippen LogP contribution in [0.2, 0.25) is 0 Å². The van der Waals surface area contributed by atoms with Gasteiger partial charge in [0.1, 0.15) is 0 Å². The van der Waals surface area contributed by atoms with Gasteiger partial charge in [0.25, 0.3) is 0 Å². The normalized spacial score (nSPS) is 14.4. The second kappa shape index (κ2) is 11.4. The molecule has 3 rings (SSSR count). The number of rotatable bonds is 5. The van der Waals surface area contributed by atoms with Crippen LogP contribution < -0.4 is 15.5 Å². The van der Waals surface area contributed by atoms with Gasteiger partial charge in [-0.1, -0.05) is 36.4 Å². The number of hydrogen-bond acceptors (Lipinski definition) is 3. The van der Waals surface area contributed by atoms with Crippen LogP contribution in [0.3, 0.4) is 0 Å². The lowest BCUT2D eigenvalue weighted by molar-refractivity contribution is 0.805. The van der Waals surface area contributed by atoms with Gasteiger partial charge in [-0.3, -0.25) is 4.99 Å². The van der Waals surface area contributed by atoms with Gasteiger partial charge in [-0.2, -0.15) is 11.8 Å². The fourth-order valence-electron chi connectivity index (χ4n) is 3.04. The zero-order valence-electron chi connectivity index (χ0n) is 16.1. The van der Waals surface area contributed by atoms with E-state index in [1.165, 1.54) is 33.9 Å². The highest BCUT2D eigenvalue weighted by Gasteiger charge is 2.10. The van der Waals surface area contributed by atoms with Crippen LogP contribution in [0.4, 0.5) is 5.69 Å². The predicted molar refractivity (Wildman–Crippen MR) is 130 cm³/mol. The summed E-state index contributed by atoms with van der Waals surface area (Å²) in [5, 5.41) is 6.78. The molecule has 1 aliphatic rings. The summed E-state index contributed by atoms with van der Waals surface area (Å²) in [4.78, 5) is 6.79. The van der Waals surface area contributed by atoms with Gasteiger partial charge in [-0.05, 0) is 35.7 Å². The minimum absolute atomic E-state index is 0. The first-order valence-electron chi connectivity index (χ1n) is 9.17. The summed E-state index contributed by atoms with van der Waals surface area (Å²) < 4.78 is 0. The quantitative estimate of drug-likeness (QED) is 0.373. The second-order valence-corrected chi connectivity index (χ2v) is 7.70. The van der Waals surface area contributed by atoms with Gasteiger partial charge in [0.2, 0.25) is 0 Å². The van der Waals surface area contributed by atoms with Gasteiger partial charge in [0.15, 0.2) is 5.96 Å². The summed E-state index contributed by atoms with van der Waals surface area (Å²) in [6.45, 7) is 5.98. The van der Waals surface area contributed by atoms with Crippen molar-refractivity contribution >= 4 is 47.4 Å². The largest absolute Gasteiger partial charge is 0.370 e. The molecule has 0 saturated carbocycles. The molecule has 0 aromatic heterocycles. The Morgan fingerprint density at radius 3 is 2.33 bits per heavy atom. The maximum atomic E-state index is 4.32. The number of benzene rings is 2. The average molecular weight is 496 g/mol. The minimum Gasteiger partial charge on any atom is -0.370 e. The third-order valence-electron chi connectivity index (χ3n) is 4.70. The molecule has 146 valence electrons. The summed E-state index contributed by atoms with van der Waals surface area (Å²) in [6.07, 6.45) is 0. The number of hydrogen-bond donors (Lipinski definition) is 2. The highest BCUT2D eigenvalue weighted by atomic mass is 127. The topological polar surface area (TPSA) is 39.7 Å². The molecule has 0 amide bonds. The molecule has 0 unspecified atom stereocenters. The van der Waals surface area contributed by atoms with Crippen molar-refractivity contribution in [3.8, 4) is 0 Å². The molecule has 2 aromatic rings. The number of nitrogens with zero attached hydrogens (tertiary/aromatic N) is 2. The van der Waals surface area contributed by atoms with Crippen molar-refractivity contribution in [3.63, 3.8) is 0 Å². The summed E-state index contributed by atoms with van der Waals surface area (Å²) >= 11 is 2.04. The zero-order chi connectivity index (χ0) is 18.2. The van der Waals surface area contributed by atoms with Gasteiger partial charge in [-0.15, -0.1) is 24.0 Å². The number of aliphatic imine (C=N–C) groups is 1. The number of nitrogens with one attached hydrogen (secondary N) is 2. The van der Waals surface area contributed by atoms with E-state index in [9.17, 15) is 0 Å². The van der Waals surface area contributed by atoms with E-state index >= 15 is 0 Å². The number of halogens is 1. The van der Waals surface area contributed by atoms with E-state index < -0.39 is 0 Å². The van der Waals surface area contributed by atoms with Crippen LogP contribution in [0.5, 0.6) is 0 Å². The Labute approximate surface area is 184 Å². The molecular formula is C21H29IN4S. The van der Waals surface area contributed by atoms with E-state index in [4.69, 9.17) is 0 Å². The average Bonchev–Trinajstić information content (AvgIpc) is 2.70. The molecule has 0 radical (unpaired) electrons. The first kappa shape index (κ1) is 21.9. The highest BCUT2D eigenvalue weighted by Crippen LogP contribution is 2.19. The number of thioether (sulfide) groups is 1. The number of guanidine groups is 1. The van der Waals surface area contributed by atoms with Gasteiger partial charge < -0.3 is 15.5 Å². The third kappa shape index (κ3) is 6.60. The predicted octanol–water partition coefficient (Wildman–Crippen LogP) is 4.03. The van der Waals surface area contributed by atoms with Crippen molar-refractivity contribution in [1.82, 2.24) is 10.6 Å². The van der Waals surface area contributed by atoms with Gasteiger partial charge in [-0.25, -0.2) is 0 Å². The summed E-state index contributed by atoms with van der Waals surface area (Å²) in [7, 11) is 1.81. The van der Waals surface area contributed by atoms with Crippen LogP contribution in [-0.2, 0) is 13.1 Å². The van der Waals surface area contributed by atoms with Crippen molar-refractivity contribution in [1.29, 1.82) is 0 Å². The fourth-order valence-corrected chi connectivity index (χ4v) is 3.94. The zero-order valence-corrected chi connectivity index (χ0v) is 19.2.